The van der Waals surface area contributed by atoms with Crippen molar-refractivity contribution in [3.63, 3.8) is 0 Å². The lowest BCUT2D eigenvalue weighted by atomic mass is 9.70. The Hall–Kier alpha value is -3.54. The number of carbonyl (C=O) groups excluding carboxylic acids is 4. The zero-order chi connectivity index (χ0) is 34.0. The largest absolute Gasteiger partial charge is 0.455 e. The zero-order valence-corrected chi connectivity index (χ0v) is 27.8. The lowest BCUT2D eigenvalue weighted by Crippen LogP contribution is -2.56. The topological polar surface area (TPSA) is 135 Å². The Labute approximate surface area is 278 Å². The van der Waals surface area contributed by atoms with Crippen LogP contribution in [0.2, 0.25) is 0 Å². The van der Waals surface area contributed by atoms with Gasteiger partial charge in [-0.3, -0.25) is 19.2 Å². The van der Waals surface area contributed by atoms with Crippen LogP contribution in [0.1, 0.15) is 70.0 Å². The van der Waals surface area contributed by atoms with Gasteiger partial charge in [-0.1, -0.05) is 62.2 Å². The number of aliphatic hydroxyl groups excluding tert-OH is 1. The molecule has 3 amide bonds. The molecule has 11 nitrogen and oxygen atoms in total. The second-order valence-corrected chi connectivity index (χ2v) is 12.7. The Morgan fingerprint density at radius 3 is 2.62 bits per heavy atom. The predicted octanol–water partition coefficient (Wildman–Crippen LogP) is 3.33. The minimum atomic E-state index is -1.19. The van der Waals surface area contributed by atoms with Crippen LogP contribution >= 0.6 is 0 Å². The van der Waals surface area contributed by atoms with Crippen LogP contribution in [0.4, 0.5) is 0 Å². The van der Waals surface area contributed by atoms with E-state index in [1.54, 1.807) is 17.1 Å². The number of nitrogens with one attached hydrogen (secondary N) is 1. The number of unbranched alkanes of at least 4 members (excludes halogenated alkanes) is 2. The van der Waals surface area contributed by atoms with Crippen molar-refractivity contribution < 1.29 is 38.5 Å². The molecule has 0 saturated carbocycles. The van der Waals surface area contributed by atoms with E-state index in [1.165, 1.54) is 12.0 Å². The number of esters is 1. The summed E-state index contributed by atoms with van der Waals surface area (Å²) in [6.45, 7) is 10.6. The van der Waals surface area contributed by atoms with Crippen molar-refractivity contribution in [1.82, 2.24) is 15.1 Å². The molecular weight excluding hydrogens is 602 g/mol. The monoisotopic (exact) mass is 653 g/mol. The summed E-state index contributed by atoms with van der Waals surface area (Å²) in [7, 11) is 1.51. The summed E-state index contributed by atoms with van der Waals surface area (Å²) in [4.78, 5) is 58.9. The van der Waals surface area contributed by atoms with Crippen LogP contribution < -0.4 is 5.32 Å². The lowest BCUT2D eigenvalue weighted by Gasteiger charge is -2.37. The molecule has 7 atom stereocenters. The number of carbonyl (C=O) groups is 4. The van der Waals surface area contributed by atoms with Gasteiger partial charge in [0.2, 0.25) is 17.7 Å². The SMILES string of the molecule is C=CCCC(=O)N[C@H](COC)[C@H](OC(=O)[C@@H]1[C@@H]2CC[C@]3(O2)[C@H](C(=O)N(CC=C)CCCCC)N(CCCO)C(=O)[C@@H]13)c1ccccc1. The van der Waals surface area contributed by atoms with Crippen molar-refractivity contribution in [1.29, 1.82) is 0 Å². The van der Waals surface area contributed by atoms with Gasteiger partial charge in [-0.25, -0.2) is 0 Å². The Bertz CT molecular complexity index is 1260. The van der Waals surface area contributed by atoms with Crippen LogP contribution in [0, 0.1) is 11.8 Å². The molecule has 3 fully saturated rings. The number of fused-ring (bicyclic) bond motifs is 1. The maximum absolute atomic E-state index is 14.3. The number of benzene rings is 1. The number of hydrogen-bond donors (Lipinski definition) is 2. The minimum absolute atomic E-state index is 0.0756. The molecule has 2 bridgehead atoms. The number of likely N-dealkylation sites (tertiary alicyclic amines) is 1. The van der Waals surface area contributed by atoms with E-state index in [0.717, 1.165) is 19.3 Å². The number of methoxy groups -OCH3 is 1. The molecule has 1 aromatic rings. The fourth-order valence-corrected chi connectivity index (χ4v) is 7.48. The normalized spacial score (nSPS) is 25.6. The third-order valence-corrected chi connectivity index (χ3v) is 9.56. The third-order valence-electron chi connectivity index (χ3n) is 9.56. The molecule has 0 unspecified atom stereocenters. The molecule has 0 aliphatic carbocycles. The fraction of sp³-hybridized carbons (Fsp3) is 0.611. The Balaban J connectivity index is 1.66. The van der Waals surface area contributed by atoms with Gasteiger partial charge < -0.3 is 34.4 Å². The van der Waals surface area contributed by atoms with Crippen LogP contribution in [0.25, 0.3) is 0 Å². The molecule has 3 saturated heterocycles. The van der Waals surface area contributed by atoms with E-state index >= 15 is 0 Å². The molecule has 258 valence electrons. The van der Waals surface area contributed by atoms with E-state index < -0.39 is 47.7 Å². The summed E-state index contributed by atoms with van der Waals surface area (Å²) in [5, 5.41) is 12.6. The van der Waals surface area contributed by atoms with Crippen LogP contribution in [0.15, 0.2) is 55.6 Å². The Kier molecular flexibility index (Phi) is 13.2. The van der Waals surface area contributed by atoms with Crippen molar-refractivity contribution >= 4 is 23.7 Å². The van der Waals surface area contributed by atoms with Gasteiger partial charge in [-0.05, 0) is 37.7 Å². The summed E-state index contributed by atoms with van der Waals surface area (Å²) in [5.41, 5.74) is -0.525. The van der Waals surface area contributed by atoms with Gasteiger partial charge in [-0.15, -0.1) is 13.2 Å². The quantitative estimate of drug-likeness (QED) is 0.124. The van der Waals surface area contributed by atoms with Gasteiger partial charge in [0.1, 0.15) is 17.7 Å². The van der Waals surface area contributed by atoms with Crippen LogP contribution in [0.5, 0.6) is 0 Å². The maximum Gasteiger partial charge on any atom is 0.313 e. The summed E-state index contributed by atoms with van der Waals surface area (Å²) < 4.78 is 18.3. The summed E-state index contributed by atoms with van der Waals surface area (Å²) in [6.07, 6.45) is 6.54. The highest BCUT2D eigenvalue weighted by molar-refractivity contribution is 5.98. The van der Waals surface area contributed by atoms with E-state index in [1.807, 2.05) is 30.3 Å². The van der Waals surface area contributed by atoms with E-state index in [0.29, 0.717) is 37.9 Å². The molecule has 0 radical (unpaired) electrons. The highest BCUT2D eigenvalue weighted by Crippen LogP contribution is 2.59. The first-order valence-electron chi connectivity index (χ1n) is 16.9. The molecule has 0 aromatic heterocycles. The van der Waals surface area contributed by atoms with Crippen molar-refractivity contribution in [2.24, 2.45) is 11.8 Å². The number of ether oxygens (including phenoxy) is 3. The number of rotatable bonds is 20. The molecule has 1 aromatic carbocycles. The number of allylic oxidation sites excluding steroid dienone is 1. The molecule has 11 heteroatoms. The Morgan fingerprint density at radius 2 is 1.96 bits per heavy atom. The molecule has 47 heavy (non-hydrogen) atoms. The van der Waals surface area contributed by atoms with Crippen molar-refractivity contribution in [2.75, 3.05) is 40.0 Å². The van der Waals surface area contributed by atoms with Gasteiger partial charge in [0.05, 0.1) is 30.6 Å². The average Bonchev–Trinajstić information content (AvgIpc) is 3.72. The second kappa shape index (κ2) is 17.0. The third kappa shape index (κ3) is 7.79. The van der Waals surface area contributed by atoms with Crippen LogP contribution in [0.3, 0.4) is 0 Å². The minimum Gasteiger partial charge on any atom is -0.455 e. The molecule has 3 aliphatic heterocycles. The lowest BCUT2D eigenvalue weighted by molar-refractivity contribution is -0.163. The summed E-state index contributed by atoms with van der Waals surface area (Å²) in [6, 6.07) is 7.48. The standard InChI is InChI=1S/C36H51N3O8/c1-5-8-13-21-38(20-7-3)34(43)32-36-19-18-27(47-36)29(30(36)33(42)39(32)22-14-23-40)35(44)46-31(25-15-11-10-12-16-25)26(24-45-4)37-28(41)17-9-6-2/h6-7,10-12,15-16,26-27,29-32,40H,2-3,5,8-9,13-14,17-24H2,1,4H3,(H,37,41)/t26-,27+,29-,30-,31-,32+,36-/m1/s1. The van der Waals surface area contributed by atoms with E-state index in [2.05, 4.69) is 25.4 Å². The molecule has 1 spiro atoms. The number of hydrogen-bond acceptors (Lipinski definition) is 8. The molecular formula is C36H51N3O8. The van der Waals surface area contributed by atoms with Gasteiger partial charge in [0.25, 0.3) is 0 Å². The smallest absolute Gasteiger partial charge is 0.313 e. The first-order chi connectivity index (χ1) is 22.8. The van der Waals surface area contributed by atoms with Crippen LogP contribution in [-0.4, -0.2) is 102 Å². The van der Waals surface area contributed by atoms with E-state index in [4.69, 9.17) is 14.2 Å². The molecule has 4 rings (SSSR count). The fourth-order valence-electron chi connectivity index (χ4n) is 7.48. The summed E-state index contributed by atoms with van der Waals surface area (Å²) >= 11 is 0. The van der Waals surface area contributed by atoms with E-state index in [9.17, 15) is 24.3 Å². The zero-order valence-electron chi connectivity index (χ0n) is 27.8. The van der Waals surface area contributed by atoms with Crippen molar-refractivity contribution in [3.8, 4) is 0 Å². The van der Waals surface area contributed by atoms with Gasteiger partial charge in [0, 0.05) is 39.8 Å². The first kappa shape index (κ1) is 36.3. The predicted molar refractivity (Wildman–Crippen MR) is 176 cm³/mol. The van der Waals surface area contributed by atoms with E-state index in [-0.39, 0.29) is 50.3 Å². The molecule has 3 aliphatic rings. The Morgan fingerprint density at radius 1 is 1.19 bits per heavy atom. The van der Waals surface area contributed by atoms with Crippen molar-refractivity contribution in [2.45, 2.75) is 88.2 Å². The van der Waals surface area contributed by atoms with Crippen LogP contribution in [-0.2, 0) is 33.4 Å². The van der Waals surface area contributed by atoms with Gasteiger partial charge >= 0.3 is 5.97 Å². The van der Waals surface area contributed by atoms with Crippen molar-refractivity contribution in [3.05, 3.63) is 61.2 Å². The average molecular weight is 654 g/mol. The maximum atomic E-state index is 14.3. The number of amides is 3. The first-order valence-corrected chi connectivity index (χ1v) is 16.9. The summed E-state index contributed by atoms with van der Waals surface area (Å²) in [5.74, 6) is -3.27. The highest BCUT2D eigenvalue weighted by atomic mass is 16.6. The van der Waals surface area contributed by atoms with Gasteiger partial charge in [0.15, 0.2) is 0 Å². The second-order valence-electron chi connectivity index (χ2n) is 12.7. The molecule has 3 heterocycles. The number of nitrogens with zero attached hydrogens (tertiary/aromatic N) is 2. The molecule has 2 N–H and O–H groups in total. The highest BCUT2D eigenvalue weighted by Gasteiger charge is 2.75. The van der Waals surface area contributed by atoms with Gasteiger partial charge in [-0.2, -0.15) is 0 Å². The number of aliphatic hydroxyl groups is 1.